The number of anilines is 1. The van der Waals surface area contributed by atoms with Crippen molar-refractivity contribution in [2.75, 3.05) is 5.73 Å². The molecule has 1 aromatic heterocycles. The number of hydrogen-bond donors (Lipinski definition) is 2. The van der Waals surface area contributed by atoms with Crippen molar-refractivity contribution in [3.63, 3.8) is 0 Å². The topological polar surface area (TPSA) is 90.1 Å². The second kappa shape index (κ2) is 4.27. The predicted octanol–water partition coefficient (Wildman–Crippen LogP) is 2.37. The van der Waals surface area contributed by atoms with Gasteiger partial charge < -0.3 is 16.1 Å². The highest BCUT2D eigenvalue weighted by atomic mass is 16.5. The lowest BCUT2D eigenvalue weighted by Crippen LogP contribution is -1.98. The molecular weight excluding hydrogens is 256 g/mol. The molecule has 0 atom stereocenters. The summed E-state index contributed by atoms with van der Waals surface area (Å²) in [5.74, 6) is 0.388. The van der Waals surface area contributed by atoms with Crippen LogP contribution >= 0.6 is 0 Å². The van der Waals surface area contributed by atoms with Gasteiger partial charge in [0.1, 0.15) is 17.9 Å². The summed E-state index contributed by atoms with van der Waals surface area (Å²) in [6.07, 6.45) is 0. The first kappa shape index (κ1) is 12.0. The van der Waals surface area contributed by atoms with Crippen LogP contribution < -0.4 is 5.73 Å². The summed E-state index contributed by atoms with van der Waals surface area (Å²) < 4.78 is 1.35. The lowest BCUT2D eigenvalue weighted by molar-refractivity contribution is -0.348. The van der Waals surface area contributed by atoms with Gasteiger partial charge in [0, 0.05) is 11.6 Å². The van der Waals surface area contributed by atoms with Gasteiger partial charge in [-0.15, -0.1) is 0 Å². The summed E-state index contributed by atoms with van der Waals surface area (Å²) in [4.78, 5) is 4.34. The summed E-state index contributed by atoms with van der Waals surface area (Å²) in [6.45, 7) is 3.26. The highest BCUT2D eigenvalue weighted by molar-refractivity contribution is 5.87. The van der Waals surface area contributed by atoms with E-state index >= 15 is 0 Å². The minimum atomic E-state index is 0.187. The molecule has 100 valence electrons. The zero-order valence-electron chi connectivity index (χ0n) is 10.5. The average Bonchev–Trinajstić information content (AvgIpc) is 2.75. The van der Waals surface area contributed by atoms with Crippen LogP contribution in [0.25, 0.3) is 22.4 Å². The molecular formula is C14H12N4O2. The maximum Gasteiger partial charge on any atom is 0.241 e. The molecule has 20 heavy (non-hydrogen) atoms. The van der Waals surface area contributed by atoms with Crippen molar-refractivity contribution >= 4 is 29.1 Å². The smallest absolute Gasteiger partial charge is 0.241 e. The van der Waals surface area contributed by atoms with Crippen molar-refractivity contribution in [2.45, 2.75) is 0 Å². The number of hydrogen-bond acceptors (Lipinski definition) is 4. The molecule has 0 aliphatic carbocycles. The van der Waals surface area contributed by atoms with Gasteiger partial charge in [-0.2, -0.15) is 9.47 Å². The highest BCUT2D eigenvalue weighted by Gasteiger charge is 2.16. The van der Waals surface area contributed by atoms with E-state index < -0.39 is 0 Å². The van der Waals surface area contributed by atoms with E-state index in [0.717, 1.165) is 10.3 Å². The third-order valence-corrected chi connectivity index (χ3v) is 3.08. The van der Waals surface area contributed by atoms with E-state index in [1.807, 2.05) is 30.3 Å². The summed E-state index contributed by atoms with van der Waals surface area (Å²) >= 11 is 0. The van der Waals surface area contributed by atoms with E-state index in [9.17, 15) is 10.4 Å². The average molecular weight is 268 g/mol. The summed E-state index contributed by atoms with van der Waals surface area (Å²) in [7, 11) is 0. The Balaban J connectivity index is 2.28. The van der Waals surface area contributed by atoms with Crippen LogP contribution in [0, 0.1) is 5.21 Å². The van der Waals surface area contributed by atoms with Crippen LogP contribution in [-0.4, -0.2) is 26.4 Å². The third kappa shape index (κ3) is 1.74. The minimum absolute atomic E-state index is 0.187. The quantitative estimate of drug-likeness (QED) is 0.186. The molecule has 0 bridgehead atoms. The molecule has 0 saturated heterocycles. The fourth-order valence-corrected chi connectivity index (χ4v) is 2.11. The van der Waals surface area contributed by atoms with Crippen LogP contribution in [0.2, 0.25) is 0 Å². The SMILES string of the molecule is C=[N+]([O-])c1cc2c(cc1N)nc(-c1ccccc1)n2O. The molecule has 0 spiro atoms. The van der Waals surface area contributed by atoms with Crippen LogP contribution in [0.1, 0.15) is 0 Å². The fourth-order valence-electron chi connectivity index (χ4n) is 2.11. The Morgan fingerprint density at radius 1 is 1.25 bits per heavy atom. The van der Waals surface area contributed by atoms with Crippen LogP contribution in [0.5, 0.6) is 0 Å². The number of nitrogen functional groups attached to an aromatic ring is 1. The maximum absolute atomic E-state index is 11.3. The zero-order chi connectivity index (χ0) is 14.3. The number of imidazole rings is 1. The first-order valence-corrected chi connectivity index (χ1v) is 5.92. The predicted molar refractivity (Wildman–Crippen MR) is 77.2 cm³/mol. The van der Waals surface area contributed by atoms with Crippen molar-refractivity contribution < 1.29 is 9.95 Å². The molecule has 2 aromatic carbocycles. The second-order valence-electron chi connectivity index (χ2n) is 4.39. The van der Waals surface area contributed by atoms with Gasteiger partial charge in [0.05, 0.1) is 5.52 Å². The van der Waals surface area contributed by atoms with Crippen molar-refractivity contribution in [1.82, 2.24) is 9.71 Å². The molecule has 0 aliphatic rings. The van der Waals surface area contributed by atoms with Gasteiger partial charge in [0.2, 0.25) is 5.69 Å². The Morgan fingerprint density at radius 2 is 1.95 bits per heavy atom. The molecule has 0 unspecified atom stereocenters. The molecule has 3 aromatic rings. The Hall–Kier alpha value is -3.02. The first-order chi connectivity index (χ1) is 9.58. The third-order valence-electron chi connectivity index (χ3n) is 3.08. The van der Waals surface area contributed by atoms with Crippen LogP contribution in [0.15, 0.2) is 42.5 Å². The van der Waals surface area contributed by atoms with Crippen LogP contribution in [0.3, 0.4) is 0 Å². The molecule has 0 fully saturated rings. The van der Waals surface area contributed by atoms with E-state index in [1.165, 1.54) is 6.07 Å². The molecule has 6 heteroatoms. The van der Waals surface area contributed by atoms with Crippen molar-refractivity contribution in [3.8, 4) is 11.4 Å². The lowest BCUT2D eigenvalue weighted by atomic mass is 10.2. The van der Waals surface area contributed by atoms with Crippen molar-refractivity contribution in [3.05, 3.63) is 47.7 Å². The second-order valence-corrected chi connectivity index (χ2v) is 4.39. The molecule has 0 amide bonds. The molecule has 3 rings (SSSR count). The van der Waals surface area contributed by atoms with Crippen molar-refractivity contribution in [1.29, 1.82) is 0 Å². The summed E-state index contributed by atoms with van der Waals surface area (Å²) in [6, 6.07) is 12.2. The molecule has 1 heterocycles. The van der Waals surface area contributed by atoms with Gasteiger partial charge in [-0.3, -0.25) is 0 Å². The summed E-state index contributed by atoms with van der Waals surface area (Å²) in [5.41, 5.74) is 7.90. The van der Waals surface area contributed by atoms with Gasteiger partial charge in [0.15, 0.2) is 5.82 Å². The standard InChI is InChI=1S/C14H12N4O2/c1-17(19)12-8-13-11(7-10(12)15)16-14(18(13)20)9-5-3-2-4-6-9/h2-8,20H,1,15H2. The number of fused-ring (bicyclic) bond motifs is 1. The van der Waals surface area contributed by atoms with Crippen molar-refractivity contribution in [2.24, 2.45) is 0 Å². The van der Waals surface area contributed by atoms with Crippen LogP contribution in [-0.2, 0) is 0 Å². The van der Waals surface area contributed by atoms with Gasteiger partial charge in [-0.05, 0) is 6.07 Å². The largest absolute Gasteiger partial charge is 0.619 e. The minimum Gasteiger partial charge on any atom is -0.619 e. The number of aromatic nitrogens is 2. The Morgan fingerprint density at radius 3 is 2.60 bits per heavy atom. The van der Waals surface area contributed by atoms with Gasteiger partial charge in [0.25, 0.3) is 0 Å². The number of rotatable bonds is 2. The number of benzene rings is 2. The normalized spacial score (nSPS) is 10.8. The van der Waals surface area contributed by atoms with E-state index in [0.29, 0.717) is 21.6 Å². The number of nitrogens with two attached hydrogens (primary N) is 1. The first-order valence-electron chi connectivity index (χ1n) is 5.92. The van der Waals surface area contributed by atoms with E-state index in [2.05, 4.69) is 11.7 Å². The van der Waals surface area contributed by atoms with Gasteiger partial charge in [-0.1, -0.05) is 30.3 Å². The van der Waals surface area contributed by atoms with Crippen LogP contribution in [0.4, 0.5) is 11.4 Å². The van der Waals surface area contributed by atoms with Gasteiger partial charge >= 0.3 is 0 Å². The van der Waals surface area contributed by atoms with E-state index in [4.69, 9.17) is 5.73 Å². The lowest BCUT2D eigenvalue weighted by Gasteiger charge is -2.04. The van der Waals surface area contributed by atoms with Gasteiger partial charge in [-0.25, -0.2) is 4.98 Å². The molecule has 3 N–H and O–H groups in total. The molecule has 0 saturated carbocycles. The summed E-state index contributed by atoms with van der Waals surface area (Å²) in [5, 5.41) is 21.5. The maximum atomic E-state index is 11.3. The number of nitrogens with zero attached hydrogens (tertiary/aromatic N) is 3. The van der Waals surface area contributed by atoms with E-state index in [1.54, 1.807) is 6.07 Å². The molecule has 6 nitrogen and oxygen atoms in total. The Labute approximate surface area is 114 Å². The fraction of sp³-hybridized carbons (Fsp3) is 0. The van der Waals surface area contributed by atoms with E-state index in [-0.39, 0.29) is 11.4 Å². The zero-order valence-corrected chi connectivity index (χ0v) is 10.5. The Bertz CT molecular complexity index is 809. The molecule has 0 radical (unpaired) electrons. The molecule has 0 aliphatic heterocycles. The monoisotopic (exact) mass is 268 g/mol. The highest BCUT2D eigenvalue weighted by Crippen LogP contribution is 2.30. The Kier molecular flexibility index (Phi) is 2.57.